The summed E-state index contributed by atoms with van der Waals surface area (Å²) < 4.78 is 19.7. The average Bonchev–Trinajstić information content (AvgIpc) is 2.90. The van der Waals surface area contributed by atoms with Crippen molar-refractivity contribution in [2.45, 2.75) is 12.6 Å². The molecule has 1 atom stereocenters. The summed E-state index contributed by atoms with van der Waals surface area (Å²) in [6.07, 6.45) is -1.39. The molecular weight excluding hydrogens is 344 g/mol. The van der Waals surface area contributed by atoms with E-state index < -0.39 is 18.1 Å². The van der Waals surface area contributed by atoms with Gasteiger partial charge in [-0.1, -0.05) is 23.2 Å². The molecule has 0 saturated heterocycles. The van der Waals surface area contributed by atoms with E-state index in [-0.39, 0.29) is 0 Å². The summed E-state index contributed by atoms with van der Waals surface area (Å²) >= 11 is 12.0. The van der Waals surface area contributed by atoms with Crippen LogP contribution >= 0.6 is 23.2 Å². The van der Waals surface area contributed by atoms with Crippen molar-refractivity contribution in [3.8, 4) is 16.9 Å². The fraction of sp³-hybridized carbons (Fsp3) is 0.188. The first-order chi connectivity index (χ1) is 10.9. The number of rotatable bonds is 2. The first-order valence-corrected chi connectivity index (χ1v) is 7.52. The zero-order valence-corrected chi connectivity index (χ0v) is 13.5. The number of carbonyl (C=O) groups is 1. The van der Waals surface area contributed by atoms with E-state index in [1.54, 1.807) is 24.3 Å². The predicted octanol–water partition coefficient (Wildman–Crippen LogP) is 4.67. The Hall–Kier alpha value is -1.98. The van der Waals surface area contributed by atoms with Crippen molar-refractivity contribution in [2.75, 3.05) is 7.05 Å². The molecule has 4 nitrogen and oxygen atoms in total. The number of halogens is 3. The van der Waals surface area contributed by atoms with E-state index in [9.17, 15) is 9.18 Å². The summed E-state index contributed by atoms with van der Waals surface area (Å²) in [6, 6.07) is 7.75. The Morgan fingerprint density at radius 1 is 1.35 bits per heavy atom. The van der Waals surface area contributed by atoms with Gasteiger partial charge in [-0.15, -0.1) is 0 Å². The van der Waals surface area contributed by atoms with Gasteiger partial charge >= 0.3 is 6.09 Å². The Balaban J connectivity index is 1.99. The number of nitrogens with zero attached hydrogens (tertiary/aromatic N) is 1. The van der Waals surface area contributed by atoms with Crippen molar-refractivity contribution in [1.29, 1.82) is 0 Å². The summed E-state index contributed by atoms with van der Waals surface area (Å²) in [6.45, 7) is 0. The van der Waals surface area contributed by atoms with Gasteiger partial charge in [-0.05, 0) is 35.9 Å². The molecule has 120 valence electrons. The van der Waals surface area contributed by atoms with Crippen molar-refractivity contribution in [3.05, 3.63) is 51.8 Å². The molecule has 1 unspecified atom stereocenters. The van der Waals surface area contributed by atoms with Crippen LogP contribution in [0.15, 0.2) is 30.3 Å². The predicted molar refractivity (Wildman–Crippen MR) is 85.8 cm³/mol. The Morgan fingerprint density at radius 2 is 2.09 bits per heavy atom. The SMILES string of the molecule is CN(C(=O)O)C1Cc2cc(-c3ccc(Cl)cc3F)cc(Cl)c2O1. The van der Waals surface area contributed by atoms with Gasteiger partial charge in [-0.2, -0.15) is 0 Å². The summed E-state index contributed by atoms with van der Waals surface area (Å²) in [5, 5.41) is 9.66. The highest BCUT2D eigenvalue weighted by molar-refractivity contribution is 6.32. The number of carboxylic acid groups (broad SMARTS) is 1. The molecule has 1 aliphatic rings. The first-order valence-electron chi connectivity index (χ1n) is 6.77. The average molecular weight is 356 g/mol. The lowest BCUT2D eigenvalue weighted by atomic mass is 10.0. The minimum Gasteiger partial charge on any atom is -0.468 e. The number of likely N-dealkylation sites (N-methyl/N-ethyl adjacent to an activating group) is 1. The van der Waals surface area contributed by atoms with Gasteiger partial charge in [0.1, 0.15) is 11.6 Å². The van der Waals surface area contributed by atoms with Gasteiger partial charge in [-0.25, -0.2) is 9.18 Å². The van der Waals surface area contributed by atoms with Gasteiger partial charge in [0.25, 0.3) is 0 Å². The number of hydrogen-bond acceptors (Lipinski definition) is 2. The van der Waals surface area contributed by atoms with E-state index in [0.717, 1.165) is 10.5 Å². The molecule has 1 aliphatic heterocycles. The van der Waals surface area contributed by atoms with Gasteiger partial charge < -0.3 is 9.84 Å². The maximum atomic E-state index is 14.1. The molecule has 0 saturated carbocycles. The zero-order chi connectivity index (χ0) is 16.7. The lowest BCUT2D eigenvalue weighted by molar-refractivity contribution is 0.0608. The highest BCUT2D eigenvalue weighted by Gasteiger charge is 2.31. The monoisotopic (exact) mass is 355 g/mol. The molecule has 0 aromatic heterocycles. The third-order valence-corrected chi connectivity index (χ3v) is 4.26. The normalized spacial score (nSPS) is 15.9. The number of amides is 1. The summed E-state index contributed by atoms with van der Waals surface area (Å²) in [7, 11) is 1.42. The van der Waals surface area contributed by atoms with Crippen LogP contribution in [0.5, 0.6) is 5.75 Å². The lowest BCUT2D eigenvalue weighted by Crippen LogP contribution is -2.38. The third-order valence-electron chi connectivity index (χ3n) is 3.74. The topological polar surface area (TPSA) is 49.8 Å². The van der Waals surface area contributed by atoms with Crippen molar-refractivity contribution < 1.29 is 19.0 Å². The highest BCUT2D eigenvalue weighted by Crippen LogP contribution is 2.40. The zero-order valence-electron chi connectivity index (χ0n) is 12.0. The minimum absolute atomic E-state index is 0.310. The van der Waals surface area contributed by atoms with Crippen LogP contribution in [-0.2, 0) is 6.42 Å². The Kier molecular flexibility index (Phi) is 4.08. The fourth-order valence-corrected chi connectivity index (χ4v) is 2.96. The highest BCUT2D eigenvalue weighted by atomic mass is 35.5. The molecule has 2 aromatic rings. The van der Waals surface area contributed by atoms with E-state index >= 15 is 0 Å². The lowest BCUT2D eigenvalue weighted by Gasteiger charge is -2.20. The third kappa shape index (κ3) is 2.94. The van der Waals surface area contributed by atoms with E-state index in [4.69, 9.17) is 33.0 Å². The van der Waals surface area contributed by atoms with Gasteiger partial charge in [-0.3, -0.25) is 4.90 Å². The Bertz CT molecular complexity index is 797. The van der Waals surface area contributed by atoms with E-state index in [2.05, 4.69) is 0 Å². The van der Waals surface area contributed by atoms with Crippen LogP contribution in [0.3, 0.4) is 0 Å². The van der Waals surface area contributed by atoms with E-state index in [0.29, 0.717) is 33.3 Å². The number of benzene rings is 2. The maximum absolute atomic E-state index is 14.1. The van der Waals surface area contributed by atoms with Crippen LogP contribution in [0.4, 0.5) is 9.18 Å². The first kappa shape index (κ1) is 15.9. The summed E-state index contributed by atoms with van der Waals surface area (Å²) in [5.74, 6) is -0.0190. The van der Waals surface area contributed by atoms with E-state index in [1.165, 1.54) is 13.1 Å². The Morgan fingerprint density at radius 3 is 2.74 bits per heavy atom. The van der Waals surface area contributed by atoms with Gasteiger partial charge in [0.15, 0.2) is 6.23 Å². The van der Waals surface area contributed by atoms with Crippen molar-refractivity contribution >= 4 is 29.3 Å². The minimum atomic E-state index is -1.09. The molecule has 1 N–H and O–H groups in total. The summed E-state index contributed by atoms with van der Waals surface area (Å²) in [4.78, 5) is 12.1. The largest absolute Gasteiger partial charge is 0.468 e. The Labute approximate surface area is 142 Å². The van der Waals surface area contributed by atoms with Crippen LogP contribution in [0.1, 0.15) is 5.56 Å². The molecule has 0 aliphatic carbocycles. The van der Waals surface area contributed by atoms with Crippen LogP contribution < -0.4 is 4.74 Å². The summed E-state index contributed by atoms with van der Waals surface area (Å²) in [5.41, 5.74) is 1.69. The van der Waals surface area contributed by atoms with Crippen LogP contribution in [0, 0.1) is 5.82 Å². The second-order valence-corrected chi connectivity index (χ2v) is 6.08. The molecule has 23 heavy (non-hydrogen) atoms. The molecule has 0 spiro atoms. The molecule has 0 fully saturated rings. The van der Waals surface area contributed by atoms with Gasteiger partial charge in [0.2, 0.25) is 0 Å². The van der Waals surface area contributed by atoms with E-state index in [1.807, 2.05) is 0 Å². The quantitative estimate of drug-likeness (QED) is 0.851. The maximum Gasteiger partial charge on any atom is 0.409 e. The molecule has 2 aromatic carbocycles. The molecule has 1 amide bonds. The van der Waals surface area contributed by atoms with Crippen molar-refractivity contribution in [1.82, 2.24) is 4.90 Å². The molecule has 0 radical (unpaired) electrons. The molecule has 3 rings (SSSR count). The molecule has 7 heteroatoms. The second-order valence-electron chi connectivity index (χ2n) is 5.24. The standard InChI is InChI=1S/C16H12Cl2FNO3/c1-20(16(21)22)14-6-9-4-8(5-12(18)15(9)23-14)11-3-2-10(17)7-13(11)19/h2-5,7,14H,6H2,1H3,(H,21,22). The second kappa shape index (κ2) is 5.91. The fourth-order valence-electron chi connectivity index (χ4n) is 2.52. The number of fused-ring (bicyclic) bond motifs is 1. The van der Waals surface area contributed by atoms with Crippen LogP contribution in [-0.4, -0.2) is 29.4 Å². The van der Waals surface area contributed by atoms with Crippen molar-refractivity contribution in [2.24, 2.45) is 0 Å². The van der Waals surface area contributed by atoms with Gasteiger partial charge in [0, 0.05) is 29.6 Å². The molecule has 1 heterocycles. The number of hydrogen-bond donors (Lipinski definition) is 1. The van der Waals surface area contributed by atoms with Crippen LogP contribution in [0.25, 0.3) is 11.1 Å². The smallest absolute Gasteiger partial charge is 0.409 e. The van der Waals surface area contributed by atoms with Gasteiger partial charge in [0.05, 0.1) is 5.02 Å². The molecular formula is C16H12Cl2FNO3. The van der Waals surface area contributed by atoms with Crippen molar-refractivity contribution in [3.63, 3.8) is 0 Å². The van der Waals surface area contributed by atoms with Crippen LogP contribution in [0.2, 0.25) is 10.0 Å². The number of ether oxygens (including phenoxy) is 1. The molecule has 0 bridgehead atoms.